The molecule has 4 aliphatic heterocycles. The third kappa shape index (κ3) is 10.1. The molecule has 0 aliphatic carbocycles. The Labute approximate surface area is 363 Å². The number of fused-ring (bicyclic) bond motifs is 2. The van der Waals surface area contributed by atoms with Crippen molar-refractivity contribution in [2.75, 3.05) is 19.8 Å². The highest BCUT2D eigenvalue weighted by Crippen LogP contribution is 2.38. The molecule has 19 nitrogen and oxygen atoms in total. The number of carbonyl (C=O) groups is 8. The van der Waals surface area contributed by atoms with Crippen molar-refractivity contribution in [3.63, 3.8) is 0 Å². The molecule has 4 heterocycles. The third-order valence-corrected chi connectivity index (χ3v) is 11.1. The summed E-state index contributed by atoms with van der Waals surface area (Å²) in [5, 5.41) is 10.5. The Morgan fingerprint density at radius 1 is 0.540 bits per heavy atom. The molecule has 2 aromatic rings. The van der Waals surface area contributed by atoms with Crippen molar-refractivity contribution in [3.8, 4) is 0 Å². The minimum Gasteiger partial charge on any atom is -0.456 e. The molecule has 2 fully saturated rings. The minimum absolute atomic E-state index is 0.00968. The van der Waals surface area contributed by atoms with Crippen LogP contribution in [0.15, 0.2) is 48.5 Å². The molecule has 0 radical (unpaired) electrons. The van der Waals surface area contributed by atoms with Crippen LogP contribution in [0.2, 0.25) is 0 Å². The summed E-state index contributed by atoms with van der Waals surface area (Å²) in [4.78, 5) is 108. The number of imide groups is 2. The van der Waals surface area contributed by atoms with Crippen molar-refractivity contribution in [3.05, 3.63) is 70.8 Å². The van der Waals surface area contributed by atoms with Crippen molar-refractivity contribution in [2.45, 2.75) is 134 Å². The molecule has 0 aromatic heterocycles. The van der Waals surface area contributed by atoms with Gasteiger partial charge in [-0.3, -0.25) is 48.2 Å². The lowest BCUT2D eigenvalue weighted by molar-refractivity contribution is -0.315. The van der Waals surface area contributed by atoms with Crippen LogP contribution in [0.1, 0.15) is 115 Å². The van der Waals surface area contributed by atoms with Crippen molar-refractivity contribution in [1.82, 2.24) is 9.80 Å². The van der Waals surface area contributed by atoms with Gasteiger partial charge in [-0.2, -0.15) is 0 Å². The van der Waals surface area contributed by atoms with Gasteiger partial charge in [0.25, 0.3) is 23.6 Å². The number of rotatable bonds is 18. The zero-order valence-electron chi connectivity index (χ0n) is 35.6. The molecule has 10 atom stereocenters. The van der Waals surface area contributed by atoms with Gasteiger partial charge in [-0.1, -0.05) is 63.3 Å². The number of nitrogens with zero attached hydrogens (tertiary/aromatic N) is 2. The molecule has 4 amide bonds. The Balaban J connectivity index is 1.38. The number of hydrogen-bond donors (Lipinski definition) is 1. The first-order valence-corrected chi connectivity index (χ1v) is 21.0. The van der Waals surface area contributed by atoms with Gasteiger partial charge in [0, 0.05) is 34.3 Å². The molecule has 0 unspecified atom stereocenters. The van der Waals surface area contributed by atoms with Crippen LogP contribution in [0.5, 0.6) is 0 Å². The Morgan fingerprint density at radius 2 is 0.905 bits per heavy atom. The van der Waals surface area contributed by atoms with E-state index < -0.39 is 122 Å². The van der Waals surface area contributed by atoms with Gasteiger partial charge in [0.2, 0.25) is 0 Å². The predicted octanol–water partition coefficient (Wildman–Crippen LogP) is 2.88. The highest BCUT2D eigenvalue weighted by molar-refractivity contribution is 6.22. The number of esters is 4. The molecule has 1 N–H and O–H groups in total. The second-order valence-electron chi connectivity index (χ2n) is 15.6. The number of benzene rings is 2. The number of aliphatic hydroxyl groups excluding tert-OH is 1. The Morgan fingerprint density at radius 3 is 1.32 bits per heavy atom. The van der Waals surface area contributed by atoms with Gasteiger partial charge in [-0.15, -0.1) is 0 Å². The molecule has 63 heavy (non-hydrogen) atoms. The summed E-state index contributed by atoms with van der Waals surface area (Å²) in [5.41, 5.74) is 0.176. The summed E-state index contributed by atoms with van der Waals surface area (Å²) < 4.78 is 47.9. The van der Waals surface area contributed by atoms with Crippen LogP contribution in [0.4, 0.5) is 0 Å². The molecule has 0 bridgehead atoms. The lowest BCUT2D eigenvalue weighted by Gasteiger charge is -2.49. The molecule has 0 spiro atoms. The van der Waals surface area contributed by atoms with Crippen LogP contribution in [0.3, 0.4) is 0 Å². The van der Waals surface area contributed by atoms with E-state index >= 15 is 0 Å². The summed E-state index contributed by atoms with van der Waals surface area (Å²) in [7, 11) is 0. The maximum Gasteiger partial charge on any atom is 0.303 e. The first kappa shape index (κ1) is 46.9. The van der Waals surface area contributed by atoms with Crippen LogP contribution in [0.25, 0.3) is 0 Å². The zero-order valence-corrected chi connectivity index (χ0v) is 35.6. The smallest absolute Gasteiger partial charge is 0.303 e. The van der Waals surface area contributed by atoms with E-state index in [4.69, 9.17) is 37.9 Å². The van der Waals surface area contributed by atoms with Crippen LogP contribution in [0, 0.1) is 0 Å². The Hall–Kier alpha value is -5.60. The number of unbranched alkanes of at least 4 members (excludes halogenated alkanes) is 5. The topological polar surface area (TPSA) is 237 Å². The molecular weight excluding hydrogens is 828 g/mol. The minimum atomic E-state index is -1.77. The van der Waals surface area contributed by atoms with Crippen LogP contribution in [-0.2, 0) is 57.1 Å². The fourth-order valence-electron chi connectivity index (χ4n) is 8.43. The van der Waals surface area contributed by atoms with Gasteiger partial charge in [-0.25, -0.2) is 0 Å². The van der Waals surface area contributed by atoms with Crippen LogP contribution >= 0.6 is 0 Å². The fourth-order valence-corrected chi connectivity index (χ4v) is 8.43. The summed E-state index contributed by atoms with van der Waals surface area (Å²) in [6.45, 7) is 4.95. The molecular formula is C44H52N2O17. The normalized spacial score (nSPS) is 27.8. The number of aliphatic hydroxyl groups is 1. The number of hydrogen-bond acceptors (Lipinski definition) is 17. The average molecular weight is 881 g/mol. The standard InChI is InChI=1S/C44H52N2O17/c1-6-7-8-9-10-15-20-56-43-33(45-39(52)27-16-11-12-17-28(27)40(45)53)38(61-26(5)51)36(59-24(3)49)32(63-43)22-57-44-34(46-41(54)29-18-13-14-19-30(29)42(46)55)37(60-25(4)50)35(58-23(2)48)31(21-47)62-44/h11-14,16-19,31-38,43-44,47H,6-10,15,20-22H2,1-5H3/t31-,32-,33-,34-,35-,36-,37-,38-,43-,44-/m1/s1. The largest absolute Gasteiger partial charge is 0.456 e. The SMILES string of the molecule is CCCCCCCCO[C@@H]1O[C@H](CO[C@@H]2O[C@H](CO)[C@@H](OC(C)=O)[C@H](OC(C)=O)[C@H]2N2C(=O)c3ccccc3C2=O)[C@@H](OC(C)=O)[C@H](OC(C)=O)[C@H]1N1C(=O)c2ccccc2C1=O. The van der Waals surface area contributed by atoms with E-state index in [1.54, 1.807) is 24.3 Å². The fraction of sp³-hybridized carbons (Fsp3) is 0.545. The summed E-state index contributed by atoms with van der Waals surface area (Å²) in [5.74, 6) is -6.65. The van der Waals surface area contributed by atoms with Gasteiger partial charge < -0.3 is 43.0 Å². The monoisotopic (exact) mass is 880 g/mol. The lowest BCUT2D eigenvalue weighted by atomic mass is 9.94. The molecule has 340 valence electrons. The van der Waals surface area contributed by atoms with Crippen molar-refractivity contribution in [1.29, 1.82) is 0 Å². The second kappa shape index (κ2) is 20.7. The van der Waals surface area contributed by atoms with Gasteiger partial charge in [0.15, 0.2) is 37.0 Å². The van der Waals surface area contributed by atoms with Gasteiger partial charge in [-0.05, 0) is 30.7 Å². The van der Waals surface area contributed by atoms with Crippen LogP contribution in [-0.4, -0.2) is 144 Å². The first-order chi connectivity index (χ1) is 30.2. The summed E-state index contributed by atoms with van der Waals surface area (Å²) in [6, 6.07) is 8.84. The van der Waals surface area contributed by atoms with Crippen molar-refractivity contribution < 1.29 is 81.4 Å². The van der Waals surface area contributed by atoms with E-state index in [-0.39, 0.29) is 28.9 Å². The molecule has 2 aromatic carbocycles. The number of carbonyl (C=O) groups excluding carboxylic acids is 8. The van der Waals surface area contributed by atoms with E-state index in [0.717, 1.165) is 69.6 Å². The average Bonchev–Trinajstić information content (AvgIpc) is 3.64. The number of amides is 4. The first-order valence-electron chi connectivity index (χ1n) is 21.0. The number of ether oxygens (including phenoxy) is 8. The van der Waals surface area contributed by atoms with Gasteiger partial charge >= 0.3 is 23.9 Å². The highest BCUT2D eigenvalue weighted by atomic mass is 16.7. The lowest BCUT2D eigenvalue weighted by Crippen LogP contribution is -2.69. The third-order valence-electron chi connectivity index (χ3n) is 11.1. The van der Waals surface area contributed by atoms with Crippen molar-refractivity contribution in [2.24, 2.45) is 0 Å². The molecule has 0 saturated carbocycles. The predicted molar refractivity (Wildman–Crippen MR) is 213 cm³/mol. The molecule has 4 aliphatic rings. The van der Waals surface area contributed by atoms with Gasteiger partial charge in [0.05, 0.1) is 35.5 Å². The van der Waals surface area contributed by atoms with E-state index in [0.29, 0.717) is 6.42 Å². The molecule has 2 saturated heterocycles. The summed E-state index contributed by atoms with van der Waals surface area (Å²) in [6.07, 6.45) is -7.29. The maximum absolute atomic E-state index is 14.0. The zero-order chi connectivity index (χ0) is 45.5. The quantitative estimate of drug-likeness (QED) is 0.0980. The maximum atomic E-state index is 14.0. The van der Waals surface area contributed by atoms with E-state index in [1.807, 2.05) is 0 Å². The van der Waals surface area contributed by atoms with E-state index in [9.17, 15) is 43.5 Å². The van der Waals surface area contributed by atoms with E-state index in [2.05, 4.69) is 6.92 Å². The van der Waals surface area contributed by atoms with Gasteiger partial charge in [0.1, 0.15) is 24.3 Å². The highest BCUT2D eigenvalue weighted by Gasteiger charge is 2.60. The second-order valence-corrected chi connectivity index (χ2v) is 15.6. The summed E-state index contributed by atoms with van der Waals surface area (Å²) >= 11 is 0. The van der Waals surface area contributed by atoms with Crippen LogP contribution < -0.4 is 0 Å². The van der Waals surface area contributed by atoms with E-state index in [1.165, 1.54) is 24.3 Å². The molecule has 6 rings (SSSR count). The molecule has 19 heteroatoms. The Kier molecular flexibility index (Phi) is 15.4. The Bertz CT molecular complexity index is 2000. The van der Waals surface area contributed by atoms with Crippen molar-refractivity contribution >= 4 is 47.5 Å².